The minimum Gasteiger partial charge on any atom is -0.493 e. The van der Waals surface area contributed by atoms with Crippen LogP contribution in [0.5, 0.6) is 11.5 Å². The van der Waals surface area contributed by atoms with E-state index in [1.165, 1.54) is 0 Å². The molecule has 0 spiro atoms. The first-order valence-electron chi connectivity index (χ1n) is 11.2. The first-order valence-corrected chi connectivity index (χ1v) is 13.7. The zero-order valence-corrected chi connectivity index (χ0v) is 23.4. The van der Waals surface area contributed by atoms with Gasteiger partial charge in [0.25, 0.3) is 0 Å². The number of aromatic nitrogens is 4. The molecule has 1 N–H and O–H groups in total. The number of benzene rings is 3. The Labute approximate surface area is 232 Å². The molecular formula is C25H24BrCl2N5O2S. The summed E-state index contributed by atoms with van der Waals surface area (Å²) in [6, 6.07) is 19.1. The van der Waals surface area contributed by atoms with Crippen molar-refractivity contribution in [1.29, 1.82) is 0 Å². The van der Waals surface area contributed by atoms with Crippen molar-refractivity contribution in [1.82, 2.24) is 25.5 Å². The molecule has 0 saturated carbocycles. The molecule has 0 aliphatic carbocycles. The highest BCUT2D eigenvalue weighted by atomic mass is 79.9. The molecule has 7 nitrogen and oxygen atoms in total. The van der Waals surface area contributed by atoms with Crippen molar-refractivity contribution < 1.29 is 9.47 Å². The molecule has 0 atom stereocenters. The fraction of sp³-hybridized carbons (Fsp3) is 0.240. The van der Waals surface area contributed by atoms with Crippen LogP contribution in [-0.2, 0) is 13.2 Å². The minimum atomic E-state index is 0.240. The highest BCUT2D eigenvalue weighted by Gasteiger charge is 2.13. The molecule has 36 heavy (non-hydrogen) atoms. The highest BCUT2D eigenvalue weighted by molar-refractivity contribution is 9.10. The number of halogens is 3. The summed E-state index contributed by atoms with van der Waals surface area (Å²) in [6.07, 6.45) is 0.959. The molecule has 4 aromatic rings. The number of methoxy groups -OCH3 is 1. The third-order valence-corrected chi connectivity index (χ3v) is 7.70. The fourth-order valence-corrected chi connectivity index (χ4v) is 5.19. The zero-order valence-electron chi connectivity index (χ0n) is 19.5. The van der Waals surface area contributed by atoms with Gasteiger partial charge in [-0.25, -0.2) is 0 Å². The van der Waals surface area contributed by atoms with Crippen LogP contribution in [0.4, 0.5) is 0 Å². The normalized spacial score (nSPS) is 11.0. The van der Waals surface area contributed by atoms with Crippen molar-refractivity contribution in [3.8, 4) is 17.2 Å². The number of ether oxygens (including phenoxy) is 2. The predicted molar refractivity (Wildman–Crippen MR) is 148 cm³/mol. The van der Waals surface area contributed by atoms with E-state index in [1.54, 1.807) is 41.8 Å². The van der Waals surface area contributed by atoms with Crippen LogP contribution in [0.15, 0.2) is 70.3 Å². The average molecular weight is 609 g/mol. The number of nitrogens with one attached hydrogen (secondary N) is 1. The van der Waals surface area contributed by atoms with Crippen LogP contribution in [0.3, 0.4) is 0 Å². The Kier molecular flexibility index (Phi) is 9.89. The van der Waals surface area contributed by atoms with Gasteiger partial charge in [-0.15, -0.1) is 5.10 Å². The summed E-state index contributed by atoms with van der Waals surface area (Å²) in [7, 11) is 1.62. The lowest BCUT2D eigenvalue weighted by Gasteiger charge is -2.15. The third-order valence-electron chi connectivity index (χ3n) is 5.25. The molecule has 1 aromatic heterocycles. The van der Waals surface area contributed by atoms with Crippen LogP contribution in [0.2, 0.25) is 10.0 Å². The predicted octanol–water partition coefficient (Wildman–Crippen LogP) is 6.59. The Morgan fingerprint density at radius 3 is 2.56 bits per heavy atom. The summed E-state index contributed by atoms with van der Waals surface area (Å²) in [5.74, 6) is 2.14. The van der Waals surface area contributed by atoms with E-state index in [4.69, 9.17) is 32.7 Å². The molecule has 0 fully saturated rings. The van der Waals surface area contributed by atoms with Gasteiger partial charge in [-0.05, 0) is 65.4 Å². The molecule has 1 heterocycles. The van der Waals surface area contributed by atoms with E-state index in [0.29, 0.717) is 28.1 Å². The number of thioether (sulfide) groups is 1. The maximum Gasteiger partial charge on any atom is 0.214 e. The number of para-hydroxylation sites is 1. The standard InChI is InChI=1S/C25H24BrCl2N5O2S/c1-34-23-13-17(20(26)14-24(23)35-16-19-21(27)9-5-10-22(19)28)15-29-11-6-12-36-25-30-31-32-33(25)18-7-3-2-4-8-18/h2-5,7-10,13-14,29H,6,11-12,15-16H2,1H3. The van der Waals surface area contributed by atoms with Gasteiger partial charge in [0.1, 0.15) is 6.61 Å². The number of tetrazole rings is 1. The molecule has 4 rings (SSSR count). The molecule has 0 aliphatic heterocycles. The van der Waals surface area contributed by atoms with Crippen molar-refractivity contribution >= 4 is 50.9 Å². The quantitative estimate of drug-likeness (QED) is 0.144. The van der Waals surface area contributed by atoms with Crippen LogP contribution in [-0.4, -0.2) is 39.6 Å². The molecule has 0 saturated heterocycles. The molecule has 0 aliphatic rings. The monoisotopic (exact) mass is 607 g/mol. The molecule has 0 amide bonds. The van der Waals surface area contributed by atoms with E-state index in [1.807, 2.05) is 42.5 Å². The zero-order chi connectivity index (χ0) is 25.3. The first kappa shape index (κ1) is 26.8. The van der Waals surface area contributed by atoms with Crippen LogP contribution in [0.1, 0.15) is 17.5 Å². The molecule has 3 aromatic carbocycles. The first-order chi connectivity index (χ1) is 17.6. The number of hydrogen-bond acceptors (Lipinski definition) is 7. The van der Waals surface area contributed by atoms with E-state index in [-0.39, 0.29) is 6.61 Å². The van der Waals surface area contributed by atoms with Crippen molar-refractivity contribution in [2.75, 3.05) is 19.4 Å². The lowest BCUT2D eigenvalue weighted by atomic mass is 10.2. The molecule has 11 heteroatoms. The molecule has 0 unspecified atom stereocenters. The molecule has 0 radical (unpaired) electrons. The van der Waals surface area contributed by atoms with Crippen molar-refractivity contribution in [3.05, 3.63) is 86.3 Å². The van der Waals surface area contributed by atoms with Gasteiger partial charge in [-0.3, -0.25) is 0 Å². The van der Waals surface area contributed by atoms with Gasteiger partial charge in [-0.2, -0.15) is 4.68 Å². The van der Waals surface area contributed by atoms with Gasteiger partial charge in [0.15, 0.2) is 11.5 Å². The third kappa shape index (κ3) is 6.92. The van der Waals surface area contributed by atoms with E-state index in [2.05, 4.69) is 36.8 Å². The largest absolute Gasteiger partial charge is 0.493 e. The Hall–Kier alpha value is -2.30. The van der Waals surface area contributed by atoms with Crippen LogP contribution >= 0.6 is 50.9 Å². The molecule has 188 valence electrons. The molecular weight excluding hydrogens is 585 g/mol. The summed E-state index contributed by atoms with van der Waals surface area (Å²) in [4.78, 5) is 0. The Balaban J connectivity index is 1.26. The second kappa shape index (κ2) is 13.3. The Morgan fingerprint density at radius 1 is 1.03 bits per heavy atom. The van der Waals surface area contributed by atoms with E-state index >= 15 is 0 Å². The fourth-order valence-electron chi connectivity index (χ4n) is 3.39. The van der Waals surface area contributed by atoms with E-state index in [0.717, 1.165) is 45.2 Å². The Morgan fingerprint density at radius 2 is 1.81 bits per heavy atom. The number of rotatable bonds is 12. The van der Waals surface area contributed by atoms with Crippen LogP contribution in [0.25, 0.3) is 5.69 Å². The van der Waals surface area contributed by atoms with Gasteiger partial charge in [0.05, 0.1) is 12.8 Å². The van der Waals surface area contributed by atoms with Gasteiger partial charge in [-0.1, -0.05) is 75.2 Å². The maximum absolute atomic E-state index is 6.26. The van der Waals surface area contributed by atoms with Crippen molar-refractivity contribution in [2.45, 2.75) is 24.7 Å². The lowest BCUT2D eigenvalue weighted by molar-refractivity contribution is 0.284. The summed E-state index contributed by atoms with van der Waals surface area (Å²) >= 11 is 17.8. The topological polar surface area (TPSA) is 74.1 Å². The van der Waals surface area contributed by atoms with E-state index in [9.17, 15) is 0 Å². The van der Waals surface area contributed by atoms with E-state index < -0.39 is 0 Å². The number of hydrogen-bond donors (Lipinski definition) is 1. The summed E-state index contributed by atoms with van der Waals surface area (Å²) in [5, 5.41) is 17.4. The average Bonchev–Trinajstić information content (AvgIpc) is 3.36. The van der Waals surface area contributed by atoms with Gasteiger partial charge in [0, 0.05) is 32.4 Å². The summed E-state index contributed by atoms with van der Waals surface area (Å²) in [5.41, 5.74) is 2.75. The van der Waals surface area contributed by atoms with Gasteiger partial charge < -0.3 is 14.8 Å². The summed E-state index contributed by atoms with van der Waals surface area (Å²) < 4.78 is 14.2. The van der Waals surface area contributed by atoms with Gasteiger partial charge >= 0.3 is 0 Å². The lowest BCUT2D eigenvalue weighted by Crippen LogP contribution is -2.16. The SMILES string of the molecule is COc1cc(CNCCCSc2nnnn2-c2ccccc2)c(Br)cc1OCc1c(Cl)cccc1Cl. The van der Waals surface area contributed by atoms with Crippen LogP contribution < -0.4 is 14.8 Å². The highest BCUT2D eigenvalue weighted by Crippen LogP contribution is 2.35. The minimum absolute atomic E-state index is 0.240. The summed E-state index contributed by atoms with van der Waals surface area (Å²) in [6.45, 7) is 1.77. The van der Waals surface area contributed by atoms with Crippen LogP contribution in [0, 0.1) is 0 Å². The van der Waals surface area contributed by atoms with Crippen molar-refractivity contribution in [2.24, 2.45) is 0 Å². The smallest absolute Gasteiger partial charge is 0.214 e. The Bertz CT molecular complexity index is 1270. The van der Waals surface area contributed by atoms with Gasteiger partial charge in [0.2, 0.25) is 5.16 Å². The maximum atomic E-state index is 6.26. The second-order valence-electron chi connectivity index (χ2n) is 7.67. The molecule has 0 bridgehead atoms. The second-order valence-corrected chi connectivity index (χ2v) is 10.4. The number of nitrogens with zero attached hydrogens (tertiary/aromatic N) is 4. The van der Waals surface area contributed by atoms with Crippen molar-refractivity contribution in [3.63, 3.8) is 0 Å².